The third kappa shape index (κ3) is 1.88. The normalized spacial score (nSPS) is 27.6. The van der Waals surface area contributed by atoms with E-state index in [1.165, 1.54) is 0 Å². The average molecular weight is 226 g/mol. The van der Waals surface area contributed by atoms with Gasteiger partial charge in [-0.05, 0) is 30.9 Å². The maximum absolute atomic E-state index is 11.7. The lowest BCUT2D eigenvalue weighted by molar-refractivity contribution is 0.0954. The van der Waals surface area contributed by atoms with Crippen LogP contribution in [-0.4, -0.2) is 11.6 Å². The summed E-state index contributed by atoms with van der Waals surface area (Å²) in [4.78, 5) is 11.7. The van der Waals surface area contributed by atoms with Crippen molar-refractivity contribution in [1.82, 2.24) is 5.43 Å². The van der Waals surface area contributed by atoms with Crippen LogP contribution in [0.5, 0.6) is 0 Å². The number of hydrogen-bond acceptors (Lipinski definition) is 2. The molecule has 3 rings (SSSR count). The third-order valence-electron chi connectivity index (χ3n) is 3.50. The highest BCUT2D eigenvalue weighted by atomic mass is 16.2. The van der Waals surface area contributed by atoms with E-state index >= 15 is 0 Å². The number of nitrogens with zero attached hydrogens (tertiary/aromatic N) is 1. The molecule has 2 unspecified atom stereocenters. The molecule has 3 nitrogen and oxygen atoms in total. The number of fused-ring (bicyclic) bond motifs is 1. The number of hydrazone groups is 1. The predicted octanol–water partition coefficient (Wildman–Crippen LogP) is 2.37. The number of nitrogens with one attached hydrogen (secondary N) is 1. The Kier molecular flexibility index (Phi) is 2.52. The zero-order valence-corrected chi connectivity index (χ0v) is 9.47. The van der Waals surface area contributed by atoms with Gasteiger partial charge < -0.3 is 0 Å². The van der Waals surface area contributed by atoms with Crippen LogP contribution in [-0.2, 0) is 0 Å². The van der Waals surface area contributed by atoms with Crippen molar-refractivity contribution in [1.29, 1.82) is 0 Å². The first kappa shape index (κ1) is 10.3. The molecule has 86 valence electrons. The Morgan fingerprint density at radius 2 is 2.12 bits per heavy atom. The monoisotopic (exact) mass is 226 g/mol. The topological polar surface area (TPSA) is 41.5 Å². The van der Waals surface area contributed by atoms with E-state index in [0.717, 1.165) is 18.6 Å². The van der Waals surface area contributed by atoms with Gasteiger partial charge in [-0.2, -0.15) is 5.10 Å². The van der Waals surface area contributed by atoms with E-state index in [1.807, 2.05) is 18.2 Å². The quantitative estimate of drug-likeness (QED) is 0.610. The first-order chi connectivity index (χ1) is 8.34. The van der Waals surface area contributed by atoms with Gasteiger partial charge in [0, 0.05) is 17.2 Å². The van der Waals surface area contributed by atoms with E-state index in [9.17, 15) is 4.79 Å². The minimum Gasteiger partial charge on any atom is -0.267 e. The molecule has 0 saturated heterocycles. The molecule has 0 bridgehead atoms. The molecule has 2 atom stereocenters. The van der Waals surface area contributed by atoms with Crippen LogP contribution >= 0.6 is 0 Å². The number of carbonyl (C=O) groups is 1. The van der Waals surface area contributed by atoms with Crippen LogP contribution in [0, 0.1) is 11.8 Å². The first-order valence-electron chi connectivity index (χ1n) is 5.93. The van der Waals surface area contributed by atoms with Gasteiger partial charge in [-0.25, -0.2) is 5.43 Å². The van der Waals surface area contributed by atoms with Gasteiger partial charge in [0.1, 0.15) is 0 Å². The molecule has 1 aromatic rings. The molecule has 0 aromatic heterocycles. The van der Waals surface area contributed by atoms with Crippen LogP contribution in [0.25, 0.3) is 0 Å². The lowest BCUT2D eigenvalue weighted by atomic mass is 9.74. The Morgan fingerprint density at radius 3 is 2.88 bits per heavy atom. The van der Waals surface area contributed by atoms with Gasteiger partial charge in [0.15, 0.2) is 0 Å². The van der Waals surface area contributed by atoms with Crippen LogP contribution in [0.3, 0.4) is 0 Å². The van der Waals surface area contributed by atoms with E-state index < -0.39 is 0 Å². The Balaban J connectivity index is 1.62. The Bertz CT molecular complexity index is 490. The molecule has 1 fully saturated rings. The lowest BCUT2D eigenvalue weighted by Gasteiger charge is -2.31. The van der Waals surface area contributed by atoms with Crippen LogP contribution in [0.1, 0.15) is 23.2 Å². The number of benzene rings is 1. The van der Waals surface area contributed by atoms with E-state index in [4.69, 9.17) is 0 Å². The van der Waals surface area contributed by atoms with Crippen LogP contribution in [0.15, 0.2) is 47.6 Å². The molecule has 2 aliphatic rings. The van der Waals surface area contributed by atoms with Crippen molar-refractivity contribution in [2.45, 2.75) is 12.8 Å². The molecule has 2 aliphatic carbocycles. The molecule has 1 N–H and O–H groups in total. The van der Waals surface area contributed by atoms with Crippen molar-refractivity contribution in [3.63, 3.8) is 0 Å². The van der Waals surface area contributed by atoms with Gasteiger partial charge >= 0.3 is 0 Å². The summed E-state index contributed by atoms with van der Waals surface area (Å²) in [7, 11) is 0. The molecule has 0 radical (unpaired) electrons. The van der Waals surface area contributed by atoms with Gasteiger partial charge in [-0.1, -0.05) is 30.4 Å². The van der Waals surface area contributed by atoms with E-state index in [-0.39, 0.29) is 5.91 Å². The van der Waals surface area contributed by atoms with Gasteiger partial charge in [0.25, 0.3) is 5.91 Å². The number of allylic oxidation sites excluding steroid dienone is 2. The van der Waals surface area contributed by atoms with Crippen LogP contribution in [0.4, 0.5) is 0 Å². The summed E-state index contributed by atoms with van der Waals surface area (Å²) in [5, 5.41) is 4.23. The summed E-state index contributed by atoms with van der Waals surface area (Å²) in [6.07, 6.45) is 6.53. The maximum Gasteiger partial charge on any atom is 0.271 e. The molecular formula is C14H14N2O. The fraction of sp³-hybridized carbons (Fsp3) is 0.286. The van der Waals surface area contributed by atoms with E-state index in [0.29, 0.717) is 17.4 Å². The summed E-state index contributed by atoms with van der Waals surface area (Å²) in [5.41, 5.74) is 4.41. The lowest BCUT2D eigenvalue weighted by Crippen LogP contribution is -2.35. The zero-order chi connectivity index (χ0) is 11.7. The number of hydrogen-bond donors (Lipinski definition) is 1. The molecule has 0 heterocycles. The predicted molar refractivity (Wildman–Crippen MR) is 66.7 cm³/mol. The highest BCUT2D eigenvalue weighted by Crippen LogP contribution is 2.39. The smallest absolute Gasteiger partial charge is 0.267 e. The molecule has 1 amide bonds. The molecule has 17 heavy (non-hydrogen) atoms. The van der Waals surface area contributed by atoms with Crippen molar-refractivity contribution in [2.24, 2.45) is 16.9 Å². The Hall–Kier alpha value is -1.90. The van der Waals surface area contributed by atoms with Gasteiger partial charge in [0.05, 0.1) is 0 Å². The second-order valence-electron chi connectivity index (χ2n) is 4.55. The zero-order valence-electron chi connectivity index (χ0n) is 9.47. The molecule has 0 spiro atoms. The van der Waals surface area contributed by atoms with Crippen LogP contribution in [0.2, 0.25) is 0 Å². The third-order valence-corrected chi connectivity index (χ3v) is 3.50. The van der Waals surface area contributed by atoms with Crippen LogP contribution < -0.4 is 5.43 Å². The fourth-order valence-corrected chi connectivity index (χ4v) is 2.44. The minimum atomic E-state index is -0.132. The minimum absolute atomic E-state index is 0.132. The molecule has 0 aliphatic heterocycles. The summed E-state index contributed by atoms with van der Waals surface area (Å²) >= 11 is 0. The first-order valence-corrected chi connectivity index (χ1v) is 5.93. The largest absolute Gasteiger partial charge is 0.271 e. The summed E-state index contributed by atoms with van der Waals surface area (Å²) < 4.78 is 0. The summed E-state index contributed by atoms with van der Waals surface area (Å²) in [6.45, 7) is 0. The SMILES string of the molecule is O=C(NN=C1CC2C=CCC12)c1ccccc1. The Morgan fingerprint density at radius 1 is 1.29 bits per heavy atom. The van der Waals surface area contributed by atoms with Gasteiger partial charge in [0.2, 0.25) is 0 Å². The second kappa shape index (κ2) is 4.17. The standard InChI is InChI=1S/C14H14N2O/c17-14(10-5-2-1-3-6-10)16-15-13-9-11-7-4-8-12(11)13/h1-7,11-12H,8-9H2,(H,16,17). The van der Waals surface area contributed by atoms with Crippen molar-refractivity contribution >= 4 is 11.6 Å². The maximum atomic E-state index is 11.7. The highest BCUT2D eigenvalue weighted by molar-refractivity contribution is 5.98. The number of rotatable bonds is 2. The number of carbonyl (C=O) groups excluding carboxylic acids is 1. The van der Waals surface area contributed by atoms with E-state index in [1.54, 1.807) is 12.1 Å². The van der Waals surface area contributed by atoms with Gasteiger partial charge in [-0.3, -0.25) is 4.79 Å². The van der Waals surface area contributed by atoms with Crippen molar-refractivity contribution in [2.75, 3.05) is 0 Å². The average Bonchev–Trinajstić information content (AvgIpc) is 2.72. The number of amides is 1. The molecular weight excluding hydrogens is 212 g/mol. The van der Waals surface area contributed by atoms with E-state index in [2.05, 4.69) is 22.7 Å². The second-order valence-corrected chi connectivity index (χ2v) is 4.55. The van der Waals surface area contributed by atoms with Gasteiger partial charge in [-0.15, -0.1) is 0 Å². The summed E-state index contributed by atoms with van der Waals surface area (Å²) in [6, 6.07) is 9.17. The van der Waals surface area contributed by atoms with Crippen molar-refractivity contribution in [3.05, 3.63) is 48.0 Å². The molecule has 1 saturated carbocycles. The summed E-state index contributed by atoms with van der Waals surface area (Å²) in [5.74, 6) is 1.08. The fourth-order valence-electron chi connectivity index (χ4n) is 2.44. The van der Waals surface area contributed by atoms with Crippen molar-refractivity contribution < 1.29 is 4.79 Å². The Labute approximate surface area is 100 Å². The molecule has 3 heteroatoms. The highest BCUT2D eigenvalue weighted by Gasteiger charge is 2.37. The molecule has 1 aromatic carbocycles. The van der Waals surface area contributed by atoms with Crippen molar-refractivity contribution in [3.8, 4) is 0 Å².